The van der Waals surface area contributed by atoms with E-state index in [1.807, 2.05) is 0 Å². The Morgan fingerprint density at radius 3 is 2.05 bits per heavy atom. The quantitative estimate of drug-likeness (QED) is 0.754. The molecule has 0 heterocycles. The molecule has 1 N–H and O–H groups in total. The highest BCUT2D eigenvalue weighted by atomic mass is 15.2. The molecular formula is C17H34N2. The summed E-state index contributed by atoms with van der Waals surface area (Å²) in [5.41, 5.74) is 0.467. The van der Waals surface area contributed by atoms with E-state index < -0.39 is 0 Å². The Balaban J connectivity index is 2.22. The van der Waals surface area contributed by atoms with Crippen LogP contribution >= 0.6 is 0 Å². The van der Waals surface area contributed by atoms with Crippen molar-refractivity contribution in [2.75, 3.05) is 19.6 Å². The molecule has 1 atom stereocenters. The Morgan fingerprint density at radius 2 is 1.58 bits per heavy atom. The van der Waals surface area contributed by atoms with Gasteiger partial charge in [-0.25, -0.2) is 0 Å². The van der Waals surface area contributed by atoms with Crippen LogP contribution in [0.5, 0.6) is 0 Å². The van der Waals surface area contributed by atoms with Crippen molar-refractivity contribution in [3.8, 4) is 0 Å². The van der Waals surface area contributed by atoms with E-state index in [1.165, 1.54) is 64.5 Å². The monoisotopic (exact) mass is 266 g/mol. The van der Waals surface area contributed by atoms with Gasteiger partial charge in [0.05, 0.1) is 0 Å². The van der Waals surface area contributed by atoms with Gasteiger partial charge in [-0.3, -0.25) is 4.90 Å². The molecule has 112 valence electrons. The average molecular weight is 266 g/mol. The molecule has 2 aliphatic carbocycles. The van der Waals surface area contributed by atoms with E-state index >= 15 is 0 Å². The van der Waals surface area contributed by atoms with Gasteiger partial charge < -0.3 is 5.32 Å². The third kappa shape index (κ3) is 3.00. The molecule has 19 heavy (non-hydrogen) atoms. The van der Waals surface area contributed by atoms with E-state index in [4.69, 9.17) is 0 Å². The molecule has 0 bridgehead atoms. The van der Waals surface area contributed by atoms with Crippen LogP contribution in [-0.4, -0.2) is 36.1 Å². The van der Waals surface area contributed by atoms with Crippen molar-refractivity contribution in [3.05, 3.63) is 0 Å². The predicted molar refractivity (Wildman–Crippen MR) is 83.5 cm³/mol. The van der Waals surface area contributed by atoms with Gasteiger partial charge >= 0.3 is 0 Å². The molecule has 2 fully saturated rings. The lowest BCUT2D eigenvalue weighted by atomic mass is 9.77. The van der Waals surface area contributed by atoms with Crippen LogP contribution in [0.4, 0.5) is 0 Å². The highest BCUT2D eigenvalue weighted by Crippen LogP contribution is 2.43. The minimum absolute atomic E-state index is 0.467. The first-order valence-corrected chi connectivity index (χ1v) is 8.77. The summed E-state index contributed by atoms with van der Waals surface area (Å²) in [5.74, 6) is 0.929. The fraction of sp³-hybridized carbons (Fsp3) is 1.00. The first kappa shape index (κ1) is 15.3. The van der Waals surface area contributed by atoms with Gasteiger partial charge in [0.25, 0.3) is 0 Å². The van der Waals surface area contributed by atoms with Gasteiger partial charge in [-0.2, -0.15) is 0 Å². The Bertz CT molecular complexity index is 248. The van der Waals surface area contributed by atoms with E-state index in [1.54, 1.807) is 0 Å². The molecule has 0 radical (unpaired) electrons. The molecule has 2 aliphatic rings. The van der Waals surface area contributed by atoms with E-state index in [2.05, 4.69) is 31.0 Å². The van der Waals surface area contributed by atoms with Crippen molar-refractivity contribution in [1.29, 1.82) is 0 Å². The highest BCUT2D eigenvalue weighted by Gasteiger charge is 2.47. The summed E-state index contributed by atoms with van der Waals surface area (Å²) in [5, 5.41) is 3.91. The first-order chi connectivity index (χ1) is 9.28. The fourth-order valence-electron chi connectivity index (χ4n) is 4.97. The first-order valence-electron chi connectivity index (χ1n) is 8.77. The van der Waals surface area contributed by atoms with Crippen molar-refractivity contribution in [1.82, 2.24) is 10.2 Å². The lowest BCUT2D eigenvalue weighted by Crippen LogP contribution is -2.62. The van der Waals surface area contributed by atoms with E-state index in [0.717, 1.165) is 18.5 Å². The van der Waals surface area contributed by atoms with Crippen LogP contribution < -0.4 is 5.32 Å². The largest absolute Gasteiger partial charge is 0.312 e. The summed E-state index contributed by atoms with van der Waals surface area (Å²) in [4.78, 5) is 2.78. The predicted octanol–water partition coefficient (Wildman–Crippen LogP) is 3.81. The zero-order valence-corrected chi connectivity index (χ0v) is 13.4. The maximum atomic E-state index is 3.91. The molecule has 1 unspecified atom stereocenters. The third-order valence-corrected chi connectivity index (χ3v) is 5.74. The third-order valence-electron chi connectivity index (χ3n) is 5.74. The van der Waals surface area contributed by atoms with Crippen LogP contribution in [0.2, 0.25) is 0 Å². The molecule has 0 aromatic carbocycles. The number of hydrogen-bond acceptors (Lipinski definition) is 2. The molecule has 2 rings (SSSR count). The van der Waals surface area contributed by atoms with Gasteiger partial charge in [0.2, 0.25) is 0 Å². The van der Waals surface area contributed by atoms with Crippen LogP contribution in [0, 0.1) is 5.92 Å². The standard InChI is InChI=1S/C17H34N2/c1-4-18-16(15-11-7-8-12-15)17(13-9-10-14-17)19(5-2)6-3/h15-16,18H,4-14H2,1-3H3. The van der Waals surface area contributed by atoms with E-state index in [-0.39, 0.29) is 0 Å². The van der Waals surface area contributed by atoms with Crippen molar-refractivity contribution in [2.45, 2.75) is 83.7 Å². The zero-order chi connectivity index (χ0) is 13.7. The normalized spacial score (nSPS) is 25.3. The van der Waals surface area contributed by atoms with Gasteiger partial charge in [-0.05, 0) is 51.2 Å². The van der Waals surface area contributed by atoms with Crippen LogP contribution in [0.1, 0.15) is 72.1 Å². The Kier molecular flexibility index (Phi) is 5.70. The average Bonchev–Trinajstić information content (AvgIpc) is 3.09. The summed E-state index contributed by atoms with van der Waals surface area (Å²) < 4.78 is 0. The molecule has 0 saturated heterocycles. The Labute approximate surface area is 120 Å². The van der Waals surface area contributed by atoms with Crippen LogP contribution in [-0.2, 0) is 0 Å². The molecule has 2 nitrogen and oxygen atoms in total. The second kappa shape index (κ2) is 7.08. The maximum absolute atomic E-state index is 3.91. The number of nitrogens with one attached hydrogen (secondary N) is 1. The lowest BCUT2D eigenvalue weighted by molar-refractivity contribution is 0.0404. The smallest absolute Gasteiger partial charge is 0.0364 e. The molecule has 2 heteroatoms. The van der Waals surface area contributed by atoms with Crippen molar-refractivity contribution in [3.63, 3.8) is 0 Å². The Hall–Kier alpha value is -0.0800. The molecule has 0 aromatic heterocycles. The molecule has 0 aliphatic heterocycles. The van der Waals surface area contributed by atoms with Crippen molar-refractivity contribution < 1.29 is 0 Å². The van der Waals surface area contributed by atoms with Gasteiger partial charge in [-0.1, -0.05) is 46.5 Å². The summed E-state index contributed by atoms with van der Waals surface area (Å²) >= 11 is 0. The molecule has 0 spiro atoms. The number of nitrogens with zero attached hydrogens (tertiary/aromatic N) is 1. The topological polar surface area (TPSA) is 15.3 Å². The molecule has 2 saturated carbocycles. The van der Waals surface area contributed by atoms with Crippen LogP contribution in [0.3, 0.4) is 0 Å². The minimum atomic E-state index is 0.467. The SMILES string of the molecule is CCNC(C1CCCC1)C1(N(CC)CC)CCCC1. The fourth-order valence-corrected chi connectivity index (χ4v) is 4.97. The summed E-state index contributed by atoms with van der Waals surface area (Å²) in [6.45, 7) is 10.5. The second-order valence-electron chi connectivity index (χ2n) is 6.56. The number of hydrogen-bond donors (Lipinski definition) is 1. The van der Waals surface area contributed by atoms with Crippen LogP contribution in [0.25, 0.3) is 0 Å². The minimum Gasteiger partial charge on any atom is -0.312 e. The molecule has 0 aromatic rings. The lowest BCUT2D eigenvalue weighted by Gasteiger charge is -2.49. The van der Waals surface area contributed by atoms with Crippen LogP contribution in [0.15, 0.2) is 0 Å². The summed E-state index contributed by atoms with van der Waals surface area (Å²) in [6.07, 6.45) is 11.5. The number of likely N-dealkylation sites (N-methyl/N-ethyl adjacent to an activating group) is 2. The van der Waals surface area contributed by atoms with Crippen molar-refractivity contribution in [2.24, 2.45) is 5.92 Å². The molecule has 0 amide bonds. The molecular weight excluding hydrogens is 232 g/mol. The van der Waals surface area contributed by atoms with Gasteiger partial charge in [0, 0.05) is 11.6 Å². The van der Waals surface area contributed by atoms with E-state index in [0.29, 0.717) is 5.54 Å². The second-order valence-corrected chi connectivity index (χ2v) is 6.56. The Morgan fingerprint density at radius 1 is 1.00 bits per heavy atom. The van der Waals surface area contributed by atoms with E-state index in [9.17, 15) is 0 Å². The number of rotatable bonds is 7. The summed E-state index contributed by atoms with van der Waals surface area (Å²) in [6, 6.07) is 0.738. The van der Waals surface area contributed by atoms with Gasteiger partial charge in [-0.15, -0.1) is 0 Å². The maximum Gasteiger partial charge on any atom is 0.0364 e. The zero-order valence-electron chi connectivity index (χ0n) is 13.4. The summed E-state index contributed by atoms with van der Waals surface area (Å²) in [7, 11) is 0. The van der Waals surface area contributed by atoms with Gasteiger partial charge in [0.1, 0.15) is 0 Å². The van der Waals surface area contributed by atoms with Crippen molar-refractivity contribution >= 4 is 0 Å². The highest BCUT2D eigenvalue weighted by molar-refractivity contribution is 5.06. The van der Waals surface area contributed by atoms with Gasteiger partial charge in [0.15, 0.2) is 0 Å².